The van der Waals surface area contributed by atoms with Crippen molar-refractivity contribution in [2.45, 2.75) is 25.9 Å². The Hall–Kier alpha value is -4.66. The average Bonchev–Trinajstić information content (AvgIpc) is 3.03. The molecule has 3 aromatic carbocycles. The first-order valence-corrected chi connectivity index (χ1v) is 11.3. The third-order valence-electron chi connectivity index (χ3n) is 6.24. The van der Waals surface area contributed by atoms with Crippen molar-refractivity contribution in [2.24, 2.45) is 0 Å². The summed E-state index contributed by atoms with van der Waals surface area (Å²) in [7, 11) is 0. The van der Waals surface area contributed by atoms with Crippen LogP contribution in [0.1, 0.15) is 23.6 Å². The summed E-state index contributed by atoms with van der Waals surface area (Å²) in [6, 6.07) is 22.0. The van der Waals surface area contributed by atoms with Crippen molar-refractivity contribution in [2.75, 3.05) is 17.2 Å². The Balaban J connectivity index is 1.59. The zero-order valence-corrected chi connectivity index (χ0v) is 19.9. The molecule has 0 unspecified atom stereocenters. The second kappa shape index (κ2) is 9.91. The van der Waals surface area contributed by atoms with Crippen LogP contribution in [0.2, 0.25) is 0 Å². The highest BCUT2D eigenvalue weighted by molar-refractivity contribution is 6.09. The maximum Gasteiger partial charge on any atom is 0.328 e. The molecular weight excluding hydrogens is 460 g/mol. The number of aliphatic carboxylic acids is 1. The maximum absolute atomic E-state index is 13.4. The molecule has 1 fully saturated rings. The predicted molar refractivity (Wildman–Crippen MR) is 134 cm³/mol. The van der Waals surface area contributed by atoms with Gasteiger partial charge in [0, 0.05) is 17.9 Å². The highest BCUT2D eigenvalue weighted by Gasteiger charge is 2.55. The van der Waals surface area contributed by atoms with Gasteiger partial charge in [-0.1, -0.05) is 60.7 Å². The summed E-state index contributed by atoms with van der Waals surface area (Å²) in [4.78, 5) is 52.5. The van der Waals surface area contributed by atoms with E-state index < -0.39 is 36.0 Å². The first-order chi connectivity index (χ1) is 17.2. The molecule has 0 radical (unpaired) electrons. The summed E-state index contributed by atoms with van der Waals surface area (Å²) in [6.07, 6.45) is 0. The van der Waals surface area contributed by atoms with Gasteiger partial charge in [0.15, 0.2) is 0 Å². The molecule has 3 aromatic rings. The van der Waals surface area contributed by atoms with Gasteiger partial charge in [-0.15, -0.1) is 0 Å². The van der Waals surface area contributed by atoms with Gasteiger partial charge in [-0.2, -0.15) is 0 Å². The number of urea groups is 2. The van der Waals surface area contributed by atoms with E-state index in [0.29, 0.717) is 16.9 Å². The van der Waals surface area contributed by atoms with Gasteiger partial charge < -0.3 is 20.6 Å². The lowest BCUT2D eigenvalue weighted by Crippen LogP contribution is -2.44. The third kappa shape index (κ3) is 4.76. The van der Waals surface area contributed by atoms with E-state index in [1.54, 1.807) is 37.3 Å². The molecule has 1 heterocycles. The fourth-order valence-electron chi connectivity index (χ4n) is 4.22. The summed E-state index contributed by atoms with van der Waals surface area (Å²) in [5, 5.41) is 14.8. The fourth-order valence-corrected chi connectivity index (χ4v) is 4.22. The first kappa shape index (κ1) is 24.5. The minimum absolute atomic E-state index is 0.122. The zero-order chi connectivity index (χ0) is 25.9. The molecular formula is C27H26N4O5. The van der Waals surface area contributed by atoms with E-state index in [1.165, 1.54) is 4.90 Å². The van der Waals surface area contributed by atoms with Crippen LogP contribution in [0.4, 0.5) is 21.0 Å². The Labute approximate surface area is 208 Å². The molecule has 36 heavy (non-hydrogen) atoms. The molecule has 0 saturated carbocycles. The fraction of sp³-hybridized carbons (Fsp3) is 0.185. The van der Waals surface area contributed by atoms with Crippen molar-refractivity contribution in [1.29, 1.82) is 0 Å². The molecule has 9 heteroatoms. The number of aryl methyl sites for hydroxylation is 1. The summed E-state index contributed by atoms with van der Waals surface area (Å²) in [6.45, 7) is 2.89. The largest absolute Gasteiger partial charge is 0.480 e. The predicted octanol–water partition coefficient (Wildman–Crippen LogP) is 4.40. The van der Waals surface area contributed by atoms with Gasteiger partial charge in [0.25, 0.3) is 5.91 Å². The van der Waals surface area contributed by atoms with E-state index >= 15 is 0 Å². The van der Waals surface area contributed by atoms with Gasteiger partial charge in [0.1, 0.15) is 12.1 Å². The smallest absolute Gasteiger partial charge is 0.328 e. The van der Waals surface area contributed by atoms with Crippen molar-refractivity contribution < 1.29 is 24.3 Å². The van der Waals surface area contributed by atoms with Crippen molar-refractivity contribution in [1.82, 2.24) is 9.80 Å². The number of carboxylic acid groups (broad SMARTS) is 1. The number of nitrogens with one attached hydrogen (secondary N) is 2. The minimum atomic E-state index is -1.43. The van der Waals surface area contributed by atoms with Crippen LogP contribution >= 0.6 is 0 Å². The number of amides is 5. The summed E-state index contributed by atoms with van der Waals surface area (Å²) < 4.78 is 0. The van der Waals surface area contributed by atoms with Crippen molar-refractivity contribution >= 4 is 35.3 Å². The van der Waals surface area contributed by atoms with Crippen LogP contribution < -0.4 is 10.6 Å². The van der Waals surface area contributed by atoms with E-state index in [4.69, 9.17) is 0 Å². The number of nitrogens with zero attached hydrogens (tertiary/aromatic N) is 2. The number of para-hydroxylation sites is 1. The van der Waals surface area contributed by atoms with E-state index in [9.17, 15) is 24.3 Å². The molecule has 0 aliphatic carbocycles. The number of benzene rings is 3. The lowest BCUT2D eigenvalue weighted by Gasteiger charge is -2.32. The Bertz CT molecular complexity index is 1310. The van der Waals surface area contributed by atoms with Gasteiger partial charge in [0.05, 0.1) is 0 Å². The maximum atomic E-state index is 13.4. The number of imide groups is 1. The number of carboxylic acids is 1. The standard InChI is InChI=1S/C27H26N4O5/c1-18-8-6-7-11-22(18)29-25(35)28-21-14-12-20(13-15-21)27(2)24(34)30(17-23(32)33)26(36)31(27)16-19-9-4-3-5-10-19/h3-15H,16-17H2,1-2H3,(H,32,33)(H2,28,29,35)/t27-/m0/s1. The van der Waals surface area contributed by atoms with E-state index in [0.717, 1.165) is 16.0 Å². The van der Waals surface area contributed by atoms with Crippen LogP contribution in [0.15, 0.2) is 78.9 Å². The molecule has 1 aliphatic heterocycles. The van der Waals surface area contributed by atoms with E-state index in [1.807, 2.05) is 55.5 Å². The Morgan fingerprint density at radius 3 is 2.17 bits per heavy atom. The summed E-state index contributed by atoms with van der Waals surface area (Å²) >= 11 is 0. The quantitative estimate of drug-likeness (QED) is 0.428. The second-order valence-electron chi connectivity index (χ2n) is 8.68. The molecule has 9 nitrogen and oxygen atoms in total. The summed E-state index contributed by atoms with van der Waals surface area (Å²) in [5.41, 5.74) is 1.96. The topological polar surface area (TPSA) is 119 Å². The molecule has 0 aromatic heterocycles. The van der Waals surface area contributed by atoms with Gasteiger partial charge in [-0.25, -0.2) is 9.59 Å². The molecule has 0 bridgehead atoms. The lowest BCUT2D eigenvalue weighted by molar-refractivity contribution is -0.143. The number of hydrogen-bond donors (Lipinski definition) is 3. The molecule has 5 amide bonds. The second-order valence-corrected chi connectivity index (χ2v) is 8.68. The minimum Gasteiger partial charge on any atom is -0.480 e. The molecule has 1 saturated heterocycles. The van der Waals surface area contributed by atoms with Gasteiger partial charge >= 0.3 is 18.0 Å². The zero-order valence-electron chi connectivity index (χ0n) is 19.9. The molecule has 1 aliphatic rings. The Morgan fingerprint density at radius 2 is 1.53 bits per heavy atom. The number of carbonyl (C=O) groups is 4. The highest BCUT2D eigenvalue weighted by Crippen LogP contribution is 2.38. The number of anilines is 2. The lowest BCUT2D eigenvalue weighted by atomic mass is 9.89. The van der Waals surface area contributed by atoms with Crippen LogP contribution in [0, 0.1) is 6.92 Å². The number of rotatable bonds is 7. The molecule has 184 valence electrons. The van der Waals surface area contributed by atoms with Crippen molar-refractivity contribution in [3.63, 3.8) is 0 Å². The van der Waals surface area contributed by atoms with Crippen LogP contribution in [-0.4, -0.2) is 45.4 Å². The monoisotopic (exact) mass is 486 g/mol. The molecule has 0 spiro atoms. The third-order valence-corrected chi connectivity index (χ3v) is 6.24. The van der Waals surface area contributed by atoms with Crippen LogP contribution in [0.25, 0.3) is 0 Å². The first-order valence-electron chi connectivity index (χ1n) is 11.3. The Morgan fingerprint density at radius 1 is 0.889 bits per heavy atom. The average molecular weight is 487 g/mol. The molecule has 4 rings (SSSR count). The van der Waals surface area contributed by atoms with Gasteiger partial charge in [-0.05, 0) is 48.7 Å². The SMILES string of the molecule is Cc1ccccc1NC(=O)Nc1ccc([C@@]2(C)C(=O)N(CC(=O)O)C(=O)N2Cc2ccccc2)cc1. The van der Waals surface area contributed by atoms with Crippen molar-refractivity contribution in [3.8, 4) is 0 Å². The van der Waals surface area contributed by atoms with Gasteiger partial charge in [-0.3, -0.25) is 14.5 Å². The molecule has 1 atom stereocenters. The molecule has 3 N–H and O–H groups in total. The normalized spacial score (nSPS) is 17.3. The van der Waals surface area contributed by atoms with Crippen LogP contribution in [-0.2, 0) is 21.7 Å². The number of hydrogen-bond acceptors (Lipinski definition) is 4. The van der Waals surface area contributed by atoms with E-state index in [-0.39, 0.29) is 6.54 Å². The highest BCUT2D eigenvalue weighted by atomic mass is 16.4. The summed E-state index contributed by atoms with van der Waals surface area (Å²) in [5.74, 6) is -1.90. The van der Waals surface area contributed by atoms with Crippen LogP contribution in [0.5, 0.6) is 0 Å². The Kier molecular flexibility index (Phi) is 6.73. The van der Waals surface area contributed by atoms with Crippen molar-refractivity contribution in [3.05, 3.63) is 95.6 Å². The van der Waals surface area contributed by atoms with Crippen LogP contribution in [0.3, 0.4) is 0 Å². The van der Waals surface area contributed by atoms with E-state index in [2.05, 4.69) is 10.6 Å². The van der Waals surface area contributed by atoms with Gasteiger partial charge in [0.2, 0.25) is 0 Å². The number of carbonyl (C=O) groups excluding carboxylic acids is 3.